The van der Waals surface area contributed by atoms with E-state index in [0.717, 1.165) is 37.4 Å². The number of amides is 1. The van der Waals surface area contributed by atoms with Crippen LogP contribution in [-0.2, 0) is 0 Å². The summed E-state index contributed by atoms with van der Waals surface area (Å²) in [6, 6.07) is 25.8. The summed E-state index contributed by atoms with van der Waals surface area (Å²) >= 11 is 6.67. The molecule has 0 spiro atoms. The quantitative estimate of drug-likeness (QED) is 0.150. The number of benzene rings is 4. The Kier molecular flexibility index (Phi) is 10.3. The van der Waals surface area contributed by atoms with Gasteiger partial charge in [-0.15, -0.1) is 0 Å². The molecule has 39 heavy (non-hydrogen) atoms. The number of hydrogen-bond acceptors (Lipinski definition) is 5. The number of aryl methyl sites for hydroxylation is 2. The molecule has 4 aromatic carbocycles. The van der Waals surface area contributed by atoms with Gasteiger partial charge in [0.25, 0.3) is 11.5 Å². The highest BCUT2D eigenvalue weighted by atomic mass is 79.9. The Morgan fingerprint density at radius 3 is 2.08 bits per heavy atom. The summed E-state index contributed by atoms with van der Waals surface area (Å²) in [5, 5.41) is 0.624. The highest BCUT2D eigenvalue weighted by molar-refractivity contribution is 9.10. The summed E-state index contributed by atoms with van der Waals surface area (Å²) in [4.78, 5) is 40.4. The molecule has 0 saturated heterocycles. The lowest BCUT2D eigenvalue weighted by atomic mass is 10.1. The summed E-state index contributed by atoms with van der Waals surface area (Å²) < 4.78 is 1.89. The van der Waals surface area contributed by atoms with Gasteiger partial charge in [0.1, 0.15) is 12.1 Å². The number of carbonyl (C=O) groups excluding carboxylic acids is 2. The van der Waals surface area contributed by atoms with E-state index >= 15 is 0 Å². The largest absolute Gasteiger partial charge is 0.398 e. The molecule has 0 bridgehead atoms. The van der Waals surface area contributed by atoms with E-state index in [1.165, 1.54) is 0 Å². The molecule has 198 valence electrons. The minimum absolute atomic E-state index is 0.108. The van der Waals surface area contributed by atoms with Crippen LogP contribution in [0, 0.1) is 13.8 Å². The number of fused-ring (bicyclic) bond motifs is 1. The molecular weight excluding hydrogens is 624 g/mol. The van der Waals surface area contributed by atoms with E-state index in [1.807, 2.05) is 68.4 Å². The summed E-state index contributed by atoms with van der Waals surface area (Å²) in [7, 11) is 0. The molecule has 1 aromatic heterocycles. The predicted molar refractivity (Wildman–Crippen MR) is 164 cm³/mol. The number of nitrogen functional groups attached to an aromatic ring is 1. The smallest absolute Gasteiger partial charge is 0.259 e. The third kappa shape index (κ3) is 7.95. The molecule has 1 amide bonds. The van der Waals surface area contributed by atoms with Crippen LogP contribution in [0.15, 0.2) is 98.7 Å². The number of aromatic nitrogens is 2. The number of hydrogen-bond donors (Lipinski definition) is 3. The first-order valence-electron chi connectivity index (χ1n) is 11.7. The van der Waals surface area contributed by atoms with Gasteiger partial charge in [0.05, 0.1) is 16.5 Å². The third-order valence-electron chi connectivity index (χ3n) is 5.61. The van der Waals surface area contributed by atoms with E-state index in [1.54, 1.807) is 30.3 Å². The molecule has 0 aliphatic carbocycles. The predicted octanol–water partition coefficient (Wildman–Crippen LogP) is 6.60. The Hall–Kier alpha value is -4.08. The Morgan fingerprint density at radius 2 is 1.49 bits per heavy atom. The van der Waals surface area contributed by atoms with Gasteiger partial charge in [-0.05, 0) is 61.4 Å². The molecule has 0 aliphatic heterocycles. The van der Waals surface area contributed by atoms with Crippen molar-refractivity contribution in [3.63, 3.8) is 0 Å². The Morgan fingerprint density at radius 1 is 0.872 bits per heavy atom. The van der Waals surface area contributed by atoms with Crippen molar-refractivity contribution >= 4 is 60.6 Å². The van der Waals surface area contributed by atoms with Crippen molar-refractivity contribution in [1.82, 2.24) is 9.97 Å². The number of carbonyl (C=O) groups is 2. The Labute approximate surface area is 242 Å². The molecule has 7 nitrogen and oxygen atoms in total. The number of nitrogens with two attached hydrogens (primary N) is 2. The molecule has 1 heterocycles. The maximum atomic E-state index is 12.1. The molecule has 0 atom stereocenters. The van der Waals surface area contributed by atoms with Crippen molar-refractivity contribution in [3.05, 3.63) is 126 Å². The van der Waals surface area contributed by atoms with Crippen molar-refractivity contribution < 1.29 is 9.59 Å². The molecule has 0 aliphatic rings. The van der Waals surface area contributed by atoms with Gasteiger partial charge < -0.3 is 16.5 Å². The summed E-state index contributed by atoms with van der Waals surface area (Å²) in [5.41, 5.74) is 15.6. The number of aldehydes is 1. The summed E-state index contributed by atoms with van der Waals surface area (Å²) in [6.07, 6.45) is 0.824. The standard InChI is InChI=1S/C15H11BrN2O.C8H10N2O.C7H5BrO/c1-9-4-2-7-12-13(9)17-14(18-15(12)19)10-5-3-6-11(16)8-10;1-5-3-2-4-6(7(5)9)8(10)11;8-7-3-1-2-6(4-7)5-9/h2-8H,1H3,(H,17,18,19);2-4H,9H2,1H3,(H2,10,11);1-5H. The number of para-hydroxylation sites is 2. The van der Waals surface area contributed by atoms with Crippen LogP contribution in [0.2, 0.25) is 0 Å². The van der Waals surface area contributed by atoms with Gasteiger partial charge in [-0.2, -0.15) is 0 Å². The van der Waals surface area contributed by atoms with E-state index in [2.05, 4.69) is 41.8 Å². The minimum Gasteiger partial charge on any atom is -0.398 e. The zero-order valence-electron chi connectivity index (χ0n) is 21.2. The fourth-order valence-corrected chi connectivity index (χ4v) is 4.37. The second-order valence-electron chi connectivity index (χ2n) is 8.47. The van der Waals surface area contributed by atoms with Crippen LogP contribution in [-0.4, -0.2) is 22.2 Å². The average molecular weight is 650 g/mol. The summed E-state index contributed by atoms with van der Waals surface area (Å²) in [6.45, 7) is 3.79. The first kappa shape index (κ1) is 29.5. The number of primary amides is 1. The number of nitrogens with one attached hydrogen (secondary N) is 1. The van der Waals surface area contributed by atoms with Gasteiger partial charge in [0, 0.05) is 25.8 Å². The van der Waals surface area contributed by atoms with E-state index in [9.17, 15) is 14.4 Å². The molecule has 5 rings (SSSR count). The van der Waals surface area contributed by atoms with Crippen LogP contribution in [0.25, 0.3) is 22.3 Å². The fourth-order valence-electron chi connectivity index (χ4n) is 3.55. The highest BCUT2D eigenvalue weighted by Crippen LogP contribution is 2.21. The van der Waals surface area contributed by atoms with Crippen molar-refractivity contribution in [2.24, 2.45) is 5.73 Å². The molecule has 0 unspecified atom stereocenters. The number of nitrogens with zero attached hydrogens (tertiary/aromatic N) is 1. The molecule has 0 fully saturated rings. The molecule has 0 radical (unpaired) electrons. The number of H-pyrrole nitrogens is 1. The summed E-state index contributed by atoms with van der Waals surface area (Å²) in [5.74, 6) is 0.110. The molecule has 5 N–H and O–H groups in total. The van der Waals surface area contributed by atoms with E-state index in [-0.39, 0.29) is 5.56 Å². The van der Waals surface area contributed by atoms with Gasteiger partial charge in [0.2, 0.25) is 0 Å². The first-order valence-corrected chi connectivity index (χ1v) is 13.3. The average Bonchev–Trinajstić information content (AvgIpc) is 2.91. The van der Waals surface area contributed by atoms with Crippen LogP contribution in [0.4, 0.5) is 5.69 Å². The monoisotopic (exact) mass is 648 g/mol. The molecule has 9 heteroatoms. The SMILES string of the molecule is Cc1cccc(C(N)=O)c1N.Cc1cccc2c(=O)[nH]c(-c3cccc(Br)c3)nc12.O=Cc1cccc(Br)c1. The molecular formula is C30H26Br2N4O3. The molecule has 5 aromatic rings. The van der Waals surface area contributed by atoms with Crippen molar-refractivity contribution in [2.45, 2.75) is 13.8 Å². The third-order valence-corrected chi connectivity index (χ3v) is 6.60. The van der Waals surface area contributed by atoms with Crippen molar-refractivity contribution in [3.8, 4) is 11.4 Å². The van der Waals surface area contributed by atoms with E-state index < -0.39 is 5.91 Å². The van der Waals surface area contributed by atoms with Gasteiger partial charge in [-0.25, -0.2) is 4.98 Å². The second kappa shape index (κ2) is 13.6. The first-order chi connectivity index (χ1) is 18.6. The number of anilines is 1. The van der Waals surface area contributed by atoms with Gasteiger partial charge in [0.15, 0.2) is 0 Å². The van der Waals surface area contributed by atoms with Gasteiger partial charge in [-0.1, -0.05) is 80.4 Å². The van der Waals surface area contributed by atoms with Crippen LogP contribution >= 0.6 is 31.9 Å². The van der Waals surface area contributed by atoms with Gasteiger partial charge >= 0.3 is 0 Å². The lowest BCUT2D eigenvalue weighted by Gasteiger charge is -2.05. The van der Waals surface area contributed by atoms with Crippen LogP contribution < -0.4 is 17.0 Å². The van der Waals surface area contributed by atoms with Crippen LogP contribution in [0.5, 0.6) is 0 Å². The lowest BCUT2D eigenvalue weighted by Crippen LogP contribution is -2.13. The lowest BCUT2D eigenvalue weighted by molar-refractivity contribution is 0.100. The van der Waals surface area contributed by atoms with Crippen molar-refractivity contribution in [1.29, 1.82) is 0 Å². The molecule has 0 saturated carbocycles. The Bertz CT molecular complexity index is 1700. The maximum absolute atomic E-state index is 12.1. The number of rotatable bonds is 3. The number of halogens is 2. The van der Waals surface area contributed by atoms with E-state index in [4.69, 9.17) is 11.5 Å². The fraction of sp³-hybridized carbons (Fsp3) is 0.0667. The normalized spacial score (nSPS) is 10.1. The van der Waals surface area contributed by atoms with Gasteiger partial charge in [-0.3, -0.25) is 14.4 Å². The highest BCUT2D eigenvalue weighted by Gasteiger charge is 2.08. The zero-order chi connectivity index (χ0) is 28.5. The Balaban J connectivity index is 0.000000179. The van der Waals surface area contributed by atoms with Crippen LogP contribution in [0.3, 0.4) is 0 Å². The zero-order valence-corrected chi connectivity index (χ0v) is 24.4. The van der Waals surface area contributed by atoms with E-state index in [0.29, 0.717) is 28.0 Å². The van der Waals surface area contributed by atoms with Crippen LogP contribution in [0.1, 0.15) is 31.8 Å². The second-order valence-corrected chi connectivity index (χ2v) is 10.3. The topological polar surface area (TPSA) is 132 Å². The number of aromatic amines is 1. The van der Waals surface area contributed by atoms with Crippen molar-refractivity contribution in [2.75, 3.05) is 5.73 Å². The minimum atomic E-state index is -0.480. The maximum Gasteiger partial charge on any atom is 0.259 e.